The van der Waals surface area contributed by atoms with Crippen LogP contribution in [-0.4, -0.2) is 19.2 Å². The van der Waals surface area contributed by atoms with E-state index in [0.29, 0.717) is 10.8 Å². The van der Waals surface area contributed by atoms with E-state index < -0.39 is 9.05 Å². The summed E-state index contributed by atoms with van der Waals surface area (Å²) in [6.07, 6.45) is 0.284. The smallest absolute Gasteiger partial charge is 0.232 e. The molecule has 6 heteroatoms. The van der Waals surface area contributed by atoms with E-state index in [1.807, 2.05) is 0 Å². The summed E-state index contributed by atoms with van der Waals surface area (Å²) in [5.41, 5.74) is 0.622. The van der Waals surface area contributed by atoms with E-state index >= 15 is 0 Å². The van der Waals surface area contributed by atoms with Gasteiger partial charge >= 0.3 is 0 Å². The predicted molar refractivity (Wildman–Crippen MR) is 52.6 cm³/mol. The molecule has 3 nitrogen and oxygen atoms in total. The summed E-state index contributed by atoms with van der Waals surface area (Å²) < 4.78 is 21.2. The second-order valence-corrected chi connectivity index (χ2v) is 5.73. The van der Waals surface area contributed by atoms with E-state index in [1.165, 1.54) is 0 Å². The van der Waals surface area contributed by atoms with Crippen LogP contribution in [0.15, 0.2) is 18.2 Å². The second-order valence-electron chi connectivity index (χ2n) is 2.44. The molecular formula is C7H7Cl2NO2S. The van der Waals surface area contributed by atoms with E-state index in [-0.39, 0.29) is 12.2 Å². The maximum Gasteiger partial charge on any atom is 0.232 e. The van der Waals surface area contributed by atoms with Gasteiger partial charge in [-0.15, -0.1) is 0 Å². The molecule has 1 heterocycles. The summed E-state index contributed by atoms with van der Waals surface area (Å²) in [4.78, 5) is 3.92. The summed E-state index contributed by atoms with van der Waals surface area (Å²) >= 11 is 5.60. The fourth-order valence-electron chi connectivity index (χ4n) is 0.816. The molecule has 0 aliphatic carbocycles. The lowest BCUT2D eigenvalue weighted by Gasteiger charge is -1.97. The van der Waals surface area contributed by atoms with Crippen LogP contribution < -0.4 is 0 Å². The van der Waals surface area contributed by atoms with Gasteiger partial charge in [-0.1, -0.05) is 17.7 Å². The van der Waals surface area contributed by atoms with Crippen molar-refractivity contribution in [1.29, 1.82) is 0 Å². The number of pyridine rings is 1. The summed E-state index contributed by atoms with van der Waals surface area (Å²) in [6, 6.07) is 5.04. The minimum Gasteiger partial charge on any atom is -0.241 e. The predicted octanol–water partition coefficient (Wildman–Crippen LogP) is 1.85. The zero-order valence-corrected chi connectivity index (χ0v) is 8.90. The summed E-state index contributed by atoms with van der Waals surface area (Å²) in [7, 11) is 1.59. The summed E-state index contributed by atoms with van der Waals surface area (Å²) in [5.74, 6) is -0.123. The Morgan fingerprint density at radius 2 is 2.08 bits per heavy atom. The van der Waals surface area contributed by atoms with Crippen molar-refractivity contribution in [2.24, 2.45) is 0 Å². The fraction of sp³-hybridized carbons (Fsp3) is 0.286. The Hall–Kier alpha value is -0.320. The van der Waals surface area contributed by atoms with Gasteiger partial charge in [0.25, 0.3) is 0 Å². The molecule has 0 atom stereocenters. The molecule has 0 aromatic carbocycles. The molecule has 0 bridgehead atoms. The number of hydrogen-bond donors (Lipinski definition) is 0. The molecule has 0 radical (unpaired) electrons. The van der Waals surface area contributed by atoms with Crippen LogP contribution in [0.3, 0.4) is 0 Å². The standard InChI is InChI=1S/C7H7Cl2NO2S/c8-7-3-1-2-6(10-7)4-5-13(9,11)12/h1-3H,4-5H2. The Bertz CT molecular complexity index is 391. The minimum absolute atomic E-state index is 0.123. The van der Waals surface area contributed by atoms with Crippen LogP contribution in [0.4, 0.5) is 0 Å². The number of nitrogens with zero attached hydrogens (tertiary/aromatic N) is 1. The molecule has 0 saturated carbocycles. The molecule has 0 spiro atoms. The first-order chi connectivity index (χ1) is 5.97. The van der Waals surface area contributed by atoms with Gasteiger partial charge in [-0.25, -0.2) is 13.4 Å². The Balaban J connectivity index is 2.65. The number of aryl methyl sites for hydroxylation is 1. The molecule has 0 amide bonds. The van der Waals surface area contributed by atoms with Crippen molar-refractivity contribution in [3.8, 4) is 0 Å². The van der Waals surface area contributed by atoms with E-state index in [1.54, 1.807) is 18.2 Å². The Morgan fingerprint density at radius 3 is 2.62 bits per heavy atom. The molecule has 0 aliphatic heterocycles. The minimum atomic E-state index is -3.45. The van der Waals surface area contributed by atoms with Crippen LogP contribution in [0.1, 0.15) is 5.69 Å². The third-order valence-electron chi connectivity index (χ3n) is 1.37. The highest BCUT2D eigenvalue weighted by atomic mass is 35.7. The van der Waals surface area contributed by atoms with Crippen LogP contribution in [0.25, 0.3) is 0 Å². The van der Waals surface area contributed by atoms with E-state index in [2.05, 4.69) is 4.98 Å². The van der Waals surface area contributed by atoms with Crippen molar-refractivity contribution in [3.05, 3.63) is 29.0 Å². The van der Waals surface area contributed by atoms with Gasteiger partial charge in [0.1, 0.15) is 5.15 Å². The average molecular weight is 240 g/mol. The van der Waals surface area contributed by atoms with E-state index in [0.717, 1.165) is 0 Å². The fourth-order valence-corrected chi connectivity index (χ4v) is 1.68. The number of aromatic nitrogens is 1. The van der Waals surface area contributed by atoms with Gasteiger partial charge in [0.15, 0.2) is 0 Å². The highest BCUT2D eigenvalue weighted by molar-refractivity contribution is 8.13. The van der Waals surface area contributed by atoms with Gasteiger partial charge in [-0.05, 0) is 12.1 Å². The first-order valence-electron chi connectivity index (χ1n) is 3.51. The second kappa shape index (κ2) is 4.26. The van der Waals surface area contributed by atoms with Crippen molar-refractivity contribution in [3.63, 3.8) is 0 Å². The highest BCUT2D eigenvalue weighted by Gasteiger charge is 2.06. The maximum absolute atomic E-state index is 10.6. The Labute approximate surface area is 86.1 Å². The Kier molecular flexibility index (Phi) is 3.53. The molecule has 1 rings (SSSR count). The first-order valence-corrected chi connectivity index (χ1v) is 6.37. The third kappa shape index (κ3) is 4.45. The lowest BCUT2D eigenvalue weighted by molar-refractivity contribution is 0.608. The average Bonchev–Trinajstić information content (AvgIpc) is 2.00. The topological polar surface area (TPSA) is 47.0 Å². The zero-order valence-electron chi connectivity index (χ0n) is 6.57. The zero-order chi connectivity index (χ0) is 9.90. The van der Waals surface area contributed by atoms with E-state index in [9.17, 15) is 8.42 Å². The van der Waals surface area contributed by atoms with Gasteiger partial charge in [0.05, 0.1) is 5.75 Å². The van der Waals surface area contributed by atoms with Crippen LogP contribution >= 0.6 is 22.3 Å². The molecule has 0 aliphatic rings. The third-order valence-corrected chi connectivity index (χ3v) is 2.74. The molecule has 1 aromatic rings. The monoisotopic (exact) mass is 239 g/mol. The highest BCUT2D eigenvalue weighted by Crippen LogP contribution is 2.07. The molecule has 1 aromatic heterocycles. The van der Waals surface area contributed by atoms with Gasteiger partial charge in [0.2, 0.25) is 9.05 Å². The first kappa shape index (κ1) is 10.8. The lowest BCUT2D eigenvalue weighted by Crippen LogP contribution is -2.02. The van der Waals surface area contributed by atoms with E-state index in [4.69, 9.17) is 22.3 Å². The number of halogens is 2. The number of rotatable bonds is 3. The normalized spacial score (nSPS) is 11.5. The maximum atomic E-state index is 10.6. The Morgan fingerprint density at radius 1 is 1.38 bits per heavy atom. The van der Waals surface area contributed by atoms with Crippen molar-refractivity contribution in [1.82, 2.24) is 4.98 Å². The molecule has 72 valence electrons. The number of hydrogen-bond acceptors (Lipinski definition) is 3. The van der Waals surface area contributed by atoms with Crippen LogP contribution in [0.2, 0.25) is 5.15 Å². The lowest BCUT2D eigenvalue weighted by atomic mass is 10.3. The molecule has 0 saturated heterocycles. The summed E-state index contributed by atoms with van der Waals surface area (Å²) in [5, 5.41) is 0.351. The van der Waals surface area contributed by atoms with Gasteiger partial charge in [0, 0.05) is 22.8 Å². The van der Waals surface area contributed by atoms with Gasteiger partial charge in [-0.3, -0.25) is 0 Å². The van der Waals surface area contributed by atoms with Crippen molar-refractivity contribution >= 4 is 31.3 Å². The van der Waals surface area contributed by atoms with Crippen molar-refractivity contribution in [2.75, 3.05) is 5.75 Å². The molecular weight excluding hydrogens is 233 g/mol. The molecule has 0 unspecified atom stereocenters. The molecule has 0 fully saturated rings. The van der Waals surface area contributed by atoms with Crippen molar-refractivity contribution < 1.29 is 8.42 Å². The molecule has 0 N–H and O–H groups in total. The van der Waals surface area contributed by atoms with Crippen molar-refractivity contribution in [2.45, 2.75) is 6.42 Å². The quantitative estimate of drug-likeness (QED) is 0.598. The molecule has 13 heavy (non-hydrogen) atoms. The SMILES string of the molecule is O=S(=O)(Cl)CCc1cccc(Cl)n1. The van der Waals surface area contributed by atoms with Gasteiger partial charge in [-0.2, -0.15) is 0 Å². The van der Waals surface area contributed by atoms with Crippen LogP contribution in [-0.2, 0) is 15.5 Å². The largest absolute Gasteiger partial charge is 0.241 e. The van der Waals surface area contributed by atoms with Gasteiger partial charge < -0.3 is 0 Å². The van der Waals surface area contributed by atoms with Crippen LogP contribution in [0, 0.1) is 0 Å². The van der Waals surface area contributed by atoms with Crippen LogP contribution in [0.5, 0.6) is 0 Å². The summed E-state index contributed by atoms with van der Waals surface area (Å²) in [6.45, 7) is 0.